The fourth-order valence-corrected chi connectivity index (χ4v) is 2.28. The Hall–Kier alpha value is -2.23. The van der Waals surface area contributed by atoms with Crippen LogP contribution in [0.3, 0.4) is 0 Å². The molecular formula is C18H15Cl2NO2. The summed E-state index contributed by atoms with van der Waals surface area (Å²) < 4.78 is 5.42. The van der Waals surface area contributed by atoms with E-state index in [-0.39, 0.29) is 5.91 Å². The fourth-order valence-electron chi connectivity index (χ4n) is 1.80. The van der Waals surface area contributed by atoms with Crippen molar-refractivity contribution in [3.8, 4) is 5.75 Å². The summed E-state index contributed by atoms with van der Waals surface area (Å²) in [5.74, 6) is 0.393. The summed E-state index contributed by atoms with van der Waals surface area (Å²) in [6.45, 7) is 4.00. The highest BCUT2D eigenvalue weighted by Gasteiger charge is 2.02. The van der Waals surface area contributed by atoms with E-state index in [0.29, 0.717) is 33.7 Å². The van der Waals surface area contributed by atoms with Crippen molar-refractivity contribution in [1.82, 2.24) is 0 Å². The van der Waals surface area contributed by atoms with Crippen LogP contribution in [0.2, 0.25) is 10.0 Å². The summed E-state index contributed by atoms with van der Waals surface area (Å²) >= 11 is 11.9. The van der Waals surface area contributed by atoms with Crippen LogP contribution in [0.25, 0.3) is 6.08 Å². The van der Waals surface area contributed by atoms with E-state index in [2.05, 4.69) is 11.9 Å². The molecule has 0 aliphatic carbocycles. The quantitative estimate of drug-likeness (QED) is 0.575. The minimum Gasteiger partial charge on any atom is -0.489 e. The topological polar surface area (TPSA) is 38.3 Å². The molecule has 118 valence electrons. The van der Waals surface area contributed by atoms with Crippen molar-refractivity contribution in [2.45, 2.75) is 0 Å². The molecule has 0 saturated heterocycles. The van der Waals surface area contributed by atoms with Crippen LogP contribution in [-0.2, 0) is 4.79 Å². The number of benzene rings is 2. The van der Waals surface area contributed by atoms with Crippen LogP contribution < -0.4 is 10.1 Å². The van der Waals surface area contributed by atoms with Gasteiger partial charge in [-0.15, -0.1) is 0 Å². The molecule has 0 bridgehead atoms. The maximum Gasteiger partial charge on any atom is 0.248 e. The Balaban J connectivity index is 2.01. The molecule has 0 aliphatic rings. The Morgan fingerprint density at radius 3 is 2.78 bits per heavy atom. The molecule has 0 spiro atoms. The fraction of sp³-hybridized carbons (Fsp3) is 0.0556. The number of rotatable bonds is 6. The predicted octanol–water partition coefficient (Wildman–Crippen LogP) is 5.21. The largest absolute Gasteiger partial charge is 0.489 e. The van der Waals surface area contributed by atoms with Gasteiger partial charge in [-0.25, -0.2) is 0 Å². The summed E-state index contributed by atoms with van der Waals surface area (Å²) in [7, 11) is 0. The number of hydrogen-bond donors (Lipinski definition) is 1. The molecule has 2 aromatic rings. The zero-order chi connectivity index (χ0) is 16.7. The maximum atomic E-state index is 12.0. The van der Waals surface area contributed by atoms with Crippen LogP contribution in [0, 0.1) is 0 Å². The standard InChI is InChI=1S/C18H15Cl2NO2/c1-2-10-23-16-5-3-4-15(12-16)21-18(22)9-7-13-6-8-14(19)11-17(13)20/h2-9,11-12H,1,10H2,(H,21,22)/b9-7+. The monoisotopic (exact) mass is 347 g/mol. The lowest BCUT2D eigenvalue weighted by Gasteiger charge is -2.06. The zero-order valence-electron chi connectivity index (χ0n) is 12.3. The summed E-state index contributed by atoms with van der Waals surface area (Å²) in [5, 5.41) is 3.80. The molecule has 1 N–H and O–H groups in total. The molecule has 5 heteroatoms. The van der Waals surface area contributed by atoms with Crippen LogP contribution in [0.5, 0.6) is 5.75 Å². The van der Waals surface area contributed by atoms with Gasteiger partial charge < -0.3 is 10.1 Å². The Morgan fingerprint density at radius 2 is 2.04 bits per heavy atom. The molecule has 0 atom stereocenters. The Kier molecular flexibility index (Phi) is 6.27. The number of hydrogen-bond acceptors (Lipinski definition) is 2. The summed E-state index contributed by atoms with van der Waals surface area (Å²) in [5.41, 5.74) is 1.36. The van der Waals surface area contributed by atoms with Gasteiger partial charge in [0, 0.05) is 27.9 Å². The highest BCUT2D eigenvalue weighted by Crippen LogP contribution is 2.22. The number of carbonyl (C=O) groups is 1. The second-order valence-corrected chi connectivity index (χ2v) is 5.46. The summed E-state index contributed by atoms with van der Waals surface area (Å²) in [6, 6.07) is 12.2. The summed E-state index contributed by atoms with van der Waals surface area (Å²) in [6.07, 6.45) is 4.70. The van der Waals surface area contributed by atoms with E-state index in [1.165, 1.54) is 6.08 Å². The van der Waals surface area contributed by atoms with E-state index >= 15 is 0 Å². The minimum absolute atomic E-state index is 0.267. The highest BCUT2D eigenvalue weighted by molar-refractivity contribution is 6.35. The minimum atomic E-state index is -0.267. The normalized spacial score (nSPS) is 10.5. The molecule has 2 rings (SSSR count). The van der Waals surface area contributed by atoms with Gasteiger partial charge in [0.05, 0.1) is 0 Å². The smallest absolute Gasteiger partial charge is 0.248 e. The van der Waals surface area contributed by atoms with Gasteiger partial charge in [0.25, 0.3) is 0 Å². The first-order valence-electron chi connectivity index (χ1n) is 6.86. The molecule has 0 unspecified atom stereocenters. The van der Waals surface area contributed by atoms with E-state index < -0.39 is 0 Å². The first-order chi connectivity index (χ1) is 11.1. The van der Waals surface area contributed by atoms with Crippen LogP contribution in [0.1, 0.15) is 5.56 Å². The Bertz CT molecular complexity index is 742. The maximum absolute atomic E-state index is 12.0. The van der Waals surface area contributed by atoms with Gasteiger partial charge in [0.2, 0.25) is 5.91 Å². The van der Waals surface area contributed by atoms with E-state index in [1.807, 2.05) is 6.07 Å². The average Bonchev–Trinajstić information content (AvgIpc) is 2.52. The SMILES string of the molecule is C=CCOc1cccc(NC(=O)/C=C/c2ccc(Cl)cc2Cl)c1. The lowest BCUT2D eigenvalue weighted by Crippen LogP contribution is -2.07. The number of nitrogens with one attached hydrogen (secondary N) is 1. The first kappa shape index (κ1) is 17.1. The number of carbonyl (C=O) groups excluding carboxylic acids is 1. The molecule has 0 fully saturated rings. The van der Waals surface area contributed by atoms with Crippen LogP contribution in [0.15, 0.2) is 61.2 Å². The zero-order valence-corrected chi connectivity index (χ0v) is 13.8. The second kappa shape index (κ2) is 8.42. The third-order valence-corrected chi connectivity index (χ3v) is 3.41. The van der Waals surface area contributed by atoms with Crippen molar-refractivity contribution < 1.29 is 9.53 Å². The third-order valence-electron chi connectivity index (χ3n) is 2.85. The number of ether oxygens (including phenoxy) is 1. The van der Waals surface area contributed by atoms with E-state index in [1.54, 1.807) is 48.6 Å². The highest BCUT2D eigenvalue weighted by atomic mass is 35.5. The van der Waals surface area contributed by atoms with Gasteiger partial charge in [-0.05, 0) is 35.9 Å². The second-order valence-electron chi connectivity index (χ2n) is 4.62. The van der Waals surface area contributed by atoms with Gasteiger partial charge in [0.1, 0.15) is 12.4 Å². The number of anilines is 1. The lowest BCUT2D eigenvalue weighted by molar-refractivity contribution is -0.111. The van der Waals surface area contributed by atoms with Crippen molar-refractivity contribution in [3.05, 3.63) is 76.8 Å². The first-order valence-corrected chi connectivity index (χ1v) is 7.62. The average molecular weight is 348 g/mol. The number of amides is 1. The van der Waals surface area contributed by atoms with Crippen molar-refractivity contribution in [3.63, 3.8) is 0 Å². The van der Waals surface area contributed by atoms with Crippen molar-refractivity contribution >= 4 is 40.9 Å². The summed E-state index contributed by atoms with van der Waals surface area (Å²) in [4.78, 5) is 12.0. The molecule has 0 aliphatic heterocycles. The van der Waals surface area contributed by atoms with Gasteiger partial charge in [-0.3, -0.25) is 4.79 Å². The van der Waals surface area contributed by atoms with E-state index in [0.717, 1.165) is 0 Å². The van der Waals surface area contributed by atoms with Gasteiger partial charge in [0.15, 0.2) is 0 Å². The van der Waals surface area contributed by atoms with Crippen molar-refractivity contribution in [1.29, 1.82) is 0 Å². The third kappa shape index (κ3) is 5.47. The molecule has 0 radical (unpaired) electrons. The number of halogens is 2. The molecule has 3 nitrogen and oxygen atoms in total. The molecule has 2 aromatic carbocycles. The predicted molar refractivity (Wildman–Crippen MR) is 96.3 cm³/mol. The van der Waals surface area contributed by atoms with E-state index in [9.17, 15) is 4.79 Å². The van der Waals surface area contributed by atoms with Crippen LogP contribution >= 0.6 is 23.2 Å². The molecule has 0 heterocycles. The van der Waals surface area contributed by atoms with Crippen LogP contribution in [0.4, 0.5) is 5.69 Å². The van der Waals surface area contributed by atoms with E-state index in [4.69, 9.17) is 27.9 Å². The lowest BCUT2D eigenvalue weighted by atomic mass is 10.2. The van der Waals surface area contributed by atoms with Crippen molar-refractivity contribution in [2.75, 3.05) is 11.9 Å². The molecule has 0 saturated carbocycles. The van der Waals surface area contributed by atoms with Crippen molar-refractivity contribution in [2.24, 2.45) is 0 Å². The Labute approximate surface area is 145 Å². The molecule has 0 aromatic heterocycles. The van der Waals surface area contributed by atoms with Gasteiger partial charge in [-0.2, -0.15) is 0 Å². The van der Waals surface area contributed by atoms with Gasteiger partial charge >= 0.3 is 0 Å². The molecule has 1 amide bonds. The van der Waals surface area contributed by atoms with Crippen LogP contribution in [-0.4, -0.2) is 12.5 Å². The molecule has 23 heavy (non-hydrogen) atoms. The van der Waals surface area contributed by atoms with Gasteiger partial charge in [-0.1, -0.05) is 48.0 Å². The molecular weight excluding hydrogens is 333 g/mol. The Morgan fingerprint density at radius 1 is 1.22 bits per heavy atom.